The Hall–Kier alpha value is -0.670. The first-order valence-electron chi connectivity index (χ1n) is 6.94. The summed E-state index contributed by atoms with van der Waals surface area (Å²) in [5.74, 6) is -0.000964. The van der Waals surface area contributed by atoms with Gasteiger partial charge in [-0.15, -0.1) is 17.7 Å². The molecule has 0 spiro atoms. The molecule has 0 aliphatic carbocycles. The average molecular weight is 321 g/mol. The molecule has 20 heavy (non-hydrogen) atoms. The zero-order valence-electron chi connectivity index (χ0n) is 12.1. The number of rotatable bonds is 10. The Morgan fingerprint density at radius 1 is 1.20 bits per heavy atom. The third kappa shape index (κ3) is 5.37. The summed E-state index contributed by atoms with van der Waals surface area (Å²) in [6.07, 6.45) is 3.72. The molecule has 1 rings (SSSR count). The first-order valence-corrected chi connectivity index (χ1v) is 8.99. The number of aromatic nitrogens is 4. The molecule has 0 saturated heterocycles. The molecule has 116 valence electrons. The van der Waals surface area contributed by atoms with Crippen molar-refractivity contribution < 1.29 is 8.42 Å². The minimum Gasteiger partial charge on any atom is -0.220 e. The Labute approximate surface area is 126 Å². The topological polar surface area (TPSA) is 81.0 Å². The zero-order chi connectivity index (χ0) is 15.0. The maximum Gasteiger partial charge on any atom is 0.215 e. The molecule has 0 radical (unpaired) electrons. The van der Waals surface area contributed by atoms with Crippen molar-refractivity contribution in [2.45, 2.75) is 51.2 Å². The number of thiol groups is 1. The lowest BCUT2D eigenvalue weighted by molar-refractivity contribution is 0.392. The fourth-order valence-corrected chi connectivity index (χ4v) is 3.39. The van der Waals surface area contributed by atoms with Crippen LogP contribution in [0, 0.1) is 0 Å². The van der Waals surface area contributed by atoms with E-state index in [1.807, 2.05) is 0 Å². The molecule has 0 aliphatic rings. The van der Waals surface area contributed by atoms with Crippen molar-refractivity contribution >= 4 is 22.7 Å². The smallest absolute Gasteiger partial charge is 0.215 e. The predicted octanol–water partition coefficient (Wildman–Crippen LogP) is 1.19. The van der Waals surface area contributed by atoms with Gasteiger partial charge in [0.25, 0.3) is 0 Å². The van der Waals surface area contributed by atoms with Crippen LogP contribution in [0.3, 0.4) is 0 Å². The van der Waals surface area contributed by atoms with Crippen molar-refractivity contribution in [3.63, 3.8) is 0 Å². The molecule has 0 bridgehead atoms. The van der Waals surface area contributed by atoms with Crippen molar-refractivity contribution in [3.05, 3.63) is 0 Å². The minimum atomic E-state index is -3.28. The molecule has 0 aromatic carbocycles. The van der Waals surface area contributed by atoms with E-state index in [0.717, 1.165) is 25.7 Å². The standard InChI is InChI=1S/C11H23N5O2S2/c1-3-5-7-15(8-6-4-2)20(17,18)10-9-16-11(19)12-13-14-16/h3-10H2,1-2H3,(H,12,14,19). The largest absolute Gasteiger partial charge is 0.220 e. The van der Waals surface area contributed by atoms with E-state index in [1.165, 1.54) is 4.68 Å². The lowest BCUT2D eigenvalue weighted by atomic mass is 10.3. The van der Waals surface area contributed by atoms with Gasteiger partial charge in [0, 0.05) is 13.1 Å². The Balaban J connectivity index is 2.63. The molecular weight excluding hydrogens is 298 g/mol. The first kappa shape index (κ1) is 17.4. The lowest BCUT2D eigenvalue weighted by Crippen LogP contribution is -2.36. The Morgan fingerprint density at radius 3 is 2.25 bits per heavy atom. The summed E-state index contributed by atoms with van der Waals surface area (Å²) >= 11 is 4.06. The van der Waals surface area contributed by atoms with Crippen LogP contribution in [0.5, 0.6) is 0 Å². The fourth-order valence-electron chi connectivity index (χ4n) is 1.73. The van der Waals surface area contributed by atoms with E-state index in [0.29, 0.717) is 18.2 Å². The van der Waals surface area contributed by atoms with E-state index >= 15 is 0 Å². The first-order chi connectivity index (χ1) is 9.51. The maximum atomic E-state index is 12.4. The summed E-state index contributed by atoms with van der Waals surface area (Å²) < 4.78 is 27.7. The van der Waals surface area contributed by atoms with Gasteiger partial charge in [-0.05, 0) is 23.3 Å². The molecule has 1 heterocycles. The fraction of sp³-hybridized carbons (Fsp3) is 0.909. The molecule has 0 fully saturated rings. The number of tetrazole rings is 1. The van der Waals surface area contributed by atoms with E-state index in [-0.39, 0.29) is 12.3 Å². The van der Waals surface area contributed by atoms with E-state index in [9.17, 15) is 8.42 Å². The van der Waals surface area contributed by atoms with Crippen LogP contribution in [0.4, 0.5) is 0 Å². The molecule has 1 aromatic heterocycles. The summed E-state index contributed by atoms with van der Waals surface area (Å²) in [4.78, 5) is 0. The van der Waals surface area contributed by atoms with Crippen LogP contribution >= 0.6 is 12.6 Å². The van der Waals surface area contributed by atoms with Crippen molar-refractivity contribution in [2.24, 2.45) is 0 Å². The molecule has 0 amide bonds. The second-order valence-electron chi connectivity index (χ2n) is 4.62. The zero-order valence-corrected chi connectivity index (χ0v) is 13.8. The monoisotopic (exact) mass is 321 g/mol. The average Bonchev–Trinajstić information content (AvgIpc) is 2.82. The third-order valence-electron chi connectivity index (χ3n) is 2.99. The number of unbranched alkanes of at least 4 members (excludes halogenated alkanes) is 2. The maximum absolute atomic E-state index is 12.4. The van der Waals surface area contributed by atoms with Crippen molar-refractivity contribution in [1.82, 2.24) is 24.5 Å². The van der Waals surface area contributed by atoms with Gasteiger partial charge in [0.15, 0.2) is 0 Å². The molecule has 7 nitrogen and oxygen atoms in total. The summed E-state index contributed by atoms with van der Waals surface area (Å²) in [6, 6.07) is 0. The molecule has 0 aliphatic heterocycles. The van der Waals surface area contributed by atoms with Crippen molar-refractivity contribution in [3.8, 4) is 0 Å². The molecule has 0 saturated carbocycles. The highest BCUT2D eigenvalue weighted by molar-refractivity contribution is 7.89. The number of hydrogen-bond acceptors (Lipinski definition) is 6. The van der Waals surface area contributed by atoms with E-state index in [4.69, 9.17) is 0 Å². The van der Waals surface area contributed by atoms with Gasteiger partial charge in [-0.3, -0.25) is 0 Å². The van der Waals surface area contributed by atoms with E-state index < -0.39 is 10.0 Å². The summed E-state index contributed by atoms with van der Waals surface area (Å²) in [6.45, 7) is 5.50. The highest BCUT2D eigenvalue weighted by Crippen LogP contribution is 2.08. The molecular formula is C11H23N5O2S2. The highest BCUT2D eigenvalue weighted by atomic mass is 32.2. The van der Waals surface area contributed by atoms with Crippen LogP contribution in [-0.4, -0.2) is 51.8 Å². The molecule has 1 aromatic rings. The van der Waals surface area contributed by atoms with Crippen LogP contribution < -0.4 is 0 Å². The van der Waals surface area contributed by atoms with Gasteiger partial charge in [-0.1, -0.05) is 26.7 Å². The Morgan fingerprint density at radius 2 is 1.80 bits per heavy atom. The quantitative estimate of drug-likeness (QED) is 0.655. The van der Waals surface area contributed by atoms with Gasteiger partial charge in [-0.25, -0.2) is 17.4 Å². The second-order valence-corrected chi connectivity index (χ2v) is 7.11. The van der Waals surface area contributed by atoms with Crippen LogP contribution in [0.2, 0.25) is 0 Å². The van der Waals surface area contributed by atoms with E-state index in [1.54, 1.807) is 4.31 Å². The molecule has 0 N–H and O–H groups in total. The van der Waals surface area contributed by atoms with Crippen LogP contribution in [-0.2, 0) is 16.6 Å². The lowest BCUT2D eigenvalue weighted by Gasteiger charge is -2.21. The summed E-state index contributed by atoms with van der Waals surface area (Å²) in [5, 5.41) is 11.1. The molecule has 0 atom stereocenters. The van der Waals surface area contributed by atoms with Gasteiger partial charge in [0.05, 0.1) is 12.3 Å². The SMILES string of the molecule is CCCCN(CCCC)S(=O)(=O)CCn1nnnc1S. The second kappa shape index (κ2) is 8.58. The van der Waals surface area contributed by atoms with Crippen LogP contribution in [0.15, 0.2) is 5.16 Å². The van der Waals surface area contributed by atoms with Crippen molar-refractivity contribution in [2.75, 3.05) is 18.8 Å². The van der Waals surface area contributed by atoms with Crippen LogP contribution in [0.1, 0.15) is 39.5 Å². The van der Waals surface area contributed by atoms with Crippen molar-refractivity contribution in [1.29, 1.82) is 0 Å². The number of hydrogen-bond donors (Lipinski definition) is 1. The molecule has 9 heteroatoms. The van der Waals surface area contributed by atoms with Gasteiger partial charge in [-0.2, -0.15) is 0 Å². The minimum absolute atomic E-state index is 0.000964. The number of sulfonamides is 1. The Bertz CT molecular complexity index is 481. The molecule has 0 unspecified atom stereocenters. The van der Waals surface area contributed by atoms with E-state index in [2.05, 4.69) is 42.0 Å². The van der Waals surface area contributed by atoms with Gasteiger partial charge in [0.2, 0.25) is 15.2 Å². The number of aryl methyl sites for hydroxylation is 1. The van der Waals surface area contributed by atoms with Gasteiger partial charge in [0.1, 0.15) is 0 Å². The highest BCUT2D eigenvalue weighted by Gasteiger charge is 2.21. The Kier molecular flexibility index (Phi) is 7.46. The van der Waals surface area contributed by atoms with Gasteiger partial charge < -0.3 is 0 Å². The van der Waals surface area contributed by atoms with Crippen LogP contribution in [0.25, 0.3) is 0 Å². The summed E-state index contributed by atoms with van der Waals surface area (Å²) in [7, 11) is -3.28. The summed E-state index contributed by atoms with van der Waals surface area (Å²) in [5.41, 5.74) is 0. The normalized spacial score (nSPS) is 12.2. The predicted molar refractivity (Wildman–Crippen MR) is 80.2 cm³/mol. The number of nitrogens with zero attached hydrogens (tertiary/aromatic N) is 5. The van der Waals surface area contributed by atoms with Gasteiger partial charge >= 0.3 is 0 Å². The third-order valence-corrected chi connectivity index (χ3v) is 5.16.